The molecule has 1 aliphatic heterocycles. The minimum Gasteiger partial charge on any atom is -0.376 e. The average molecular weight is 170 g/mol. The van der Waals surface area contributed by atoms with Crippen molar-refractivity contribution < 1.29 is 4.74 Å². The molecule has 0 amide bonds. The lowest BCUT2D eigenvalue weighted by atomic mass is 10.1. The lowest BCUT2D eigenvalue weighted by Crippen LogP contribution is -2.09. The van der Waals surface area contributed by atoms with Crippen LogP contribution < -0.4 is 0 Å². The van der Waals surface area contributed by atoms with Gasteiger partial charge in [-0.05, 0) is 23.6 Å². The van der Waals surface area contributed by atoms with Crippen LogP contribution in [0, 0.1) is 0 Å². The van der Waals surface area contributed by atoms with E-state index < -0.39 is 0 Å². The zero-order valence-corrected chi connectivity index (χ0v) is 6.77. The van der Waals surface area contributed by atoms with Gasteiger partial charge in [0.1, 0.15) is 5.15 Å². The number of halogens is 1. The number of fused-ring (bicyclic) bond motifs is 1. The monoisotopic (exact) mass is 169 g/mol. The number of hydrogen-bond acceptors (Lipinski definition) is 2. The molecule has 2 rings (SSSR count). The van der Waals surface area contributed by atoms with Crippen molar-refractivity contribution in [3.63, 3.8) is 0 Å². The van der Waals surface area contributed by atoms with Crippen molar-refractivity contribution in [1.82, 2.24) is 4.98 Å². The van der Waals surface area contributed by atoms with Crippen LogP contribution in [0.1, 0.15) is 11.1 Å². The van der Waals surface area contributed by atoms with Crippen LogP contribution >= 0.6 is 11.6 Å². The molecule has 0 atom stereocenters. The Morgan fingerprint density at radius 3 is 3.27 bits per heavy atom. The molecule has 0 aromatic carbocycles. The van der Waals surface area contributed by atoms with Gasteiger partial charge in [-0.2, -0.15) is 0 Å². The van der Waals surface area contributed by atoms with Crippen molar-refractivity contribution in [2.24, 2.45) is 0 Å². The normalized spacial score (nSPS) is 16.1. The molecule has 0 unspecified atom stereocenters. The number of ether oxygens (including phenoxy) is 1. The Balaban J connectivity index is 2.43. The molecule has 58 valence electrons. The number of nitrogens with zero attached hydrogens (tertiary/aromatic N) is 1. The summed E-state index contributed by atoms with van der Waals surface area (Å²) in [6.07, 6.45) is 2.74. The third-order valence-electron chi connectivity index (χ3n) is 1.82. The van der Waals surface area contributed by atoms with E-state index in [-0.39, 0.29) is 0 Å². The Morgan fingerprint density at radius 2 is 2.36 bits per heavy atom. The van der Waals surface area contributed by atoms with Crippen LogP contribution in [0.25, 0.3) is 0 Å². The second-order valence-electron chi connectivity index (χ2n) is 2.58. The number of hydrogen-bond donors (Lipinski definition) is 0. The van der Waals surface area contributed by atoms with Crippen LogP contribution in [0.2, 0.25) is 5.15 Å². The predicted octanol–water partition coefficient (Wildman–Crippen LogP) is 1.81. The number of pyridine rings is 1. The second kappa shape index (κ2) is 2.80. The standard InChI is InChI=1S/C8H8ClNO/c9-8-3-6-1-2-11-5-7(6)4-10-8/h3-4H,1-2,5H2. The number of rotatable bonds is 0. The van der Waals surface area contributed by atoms with E-state index >= 15 is 0 Å². The SMILES string of the molecule is Clc1cc2c(cn1)COCC2. The fourth-order valence-corrected chi connectivity index (χ4v) is 1.40. The fourth-order valence-electron chi connectivity index (χ4n) is 1.22. The molecular formula is C8H8ClNO. The third-order valence-corrected chi connectivity index (χ3v) is 2.03. The molecule has 2 heterocycles. The fraction of sp³-hybridized carbons (Fsp3) is 0.375. The molecule has 0 saturated heterocycles. The Hall–Kier alpha value is -0.600. The van der Waals surface area contributed by atoms with Crippen molar-refractivity contribution >= 4 is 11.6 Å². The zero-order chi connectivity index (χ0) is 7.68. The Morgan fingerprint density at radius 1 is 1.45 bits per heavy atom. The molecule has 1 aromatic rings. The summed E-state index contributed by atoms with van der Waals surface area (Å²) in [7, 11) is 0. The van der Waals surface area contributed by atoms with Crippen LogP contribution in [0.4, 0.5) is 0 Å². The summed E-state index contributed by atoms with van der Waals surface area (Å²) in [6, 6.07) is 1.92. The van der Waals surface area contributed by atoms with E-state index in [4.69, 9.17) is 16.3 Å². The van der Waals surface area contributed by atoms with Crippen LogP contribution in [-0.4, -0.2) is 11.6 Å². The molecule has 0 spiro atoms. The van der Waals surface area contributed by atoms with Crippen molar-refractivity contribution in [2.45, 2.75) is 13.0 Å². The Bertz CT molecular complexity index is 275. The predicted molar refractivity (Wildman–Crippen MR) is 42.6 cm³/mol. The molecule has 0 radical (unpaired) electrons. The molecular weight excluding hydrogens is 162 g/mol. The summed E-state index contributed by atoms with van der Waals surface area (Å²) in [5, 5.41) is 0.575. The van der Waals surface area contributed by atoms with E-state index in [1.54, 1.807) is 6.20 Å². The second-order valence-corrected chi connectivity index (χ2v) is 2.97. The molecule has 1 aromatic heterocycles. The first-order valence-corrected chi connectivity index (χ1v) is 3.95. The van der Waals surface area contributed by atoms with E-state index in [2.05, 4.69) is 4.98 Å². The minimum absolute atomic E-state index is 0.575. The summed E-state index contributed by atoms with van der Waals surface area (Å²) in [6.45, 7) is 1.48. The van der Waals surface area contributed by atoms with Gasteiger partial charge in [-0.15, -0.1) is 0 Å². The molecule has 0 N–H and O–H groups in total. The summed E-state index contributed by atoms with van der Waals surface area (Å²) < 4.78 is 5.25. The molecule has 1 aliphatic rings. The van der Waals surface area contributed by atoms with Crippen LogP contribution in [0.5, 0.6) is 0 Å². The van der Waals surface area contributed by atoms with Crippen molar-refractivity contribution in [3.8, 4) is 0 Å². The molecule has 2 nitrogen and oxygen atoms in total. The van der Waals surface area contributed by atoms with Gasteiger partial charge in [0.15, 0.2) is 0 Å². The third kappa shape index (κ3) is 1.37. The molecule has 0 fully saturated rings. The van der Waals surface area contributed by atoms with Crippen molar-refractivity contribution in [1.29, 1.82) is 0 Å². The topological polar surface area (TPSA) is 22.1 Å². The Labute approximate surface area is 70.2 Å². The van der Waals surface area contributed by atoms with Gasteiger partial charge in [0.2, 0.25) is 0 Å². The lowest BCUT2D eigenvalue weighted by Gasteiger charge is -2.15. The highest BCUT2D eigenvalue weighted by molar-refractivity contribution is 6.29. The quantitative estimate of drug-likeness (QED) is 0.553. The van der Waals surface area contributed by atoms with E-state index in [9.17, 15) is 0 Å². The molecule has 0 saturated carbocycles. The summed E-state index contributed by atoms with van der Waals surface area (Å²) >= 11 is 5.72. The van der Waals surface area contributed by atoms with E-state index in [1.807, 2.05) is 6.07 Å². The first-order valence-electron chi connectivity index (χ1n) is 3.57. The van der Waals surface area contributed by atoms with Crippen LogP contribution in [-0.2, 0) is 17.8 Å². The minimum atomic E-state index is 0.575. The van der Waals surface area contributed by atoms with Gasteiger partial charge in [0.05, 0.1) is 13.2 Å². The Kier molecular flexibility index (Phi) is 1.80. The van der Waals surface area contributed by atoms with Crippen molar-refractivity contribution in [3.05, 3.63) is 28.5 Å². The first-order chi connectivity index (χ1) is 5.36. The lowest BCUT2D eigenvalue weighted by molar-refractivity contribution is 0.110. The maximum Gasteiger partial charge on any atom is 0.129 e. The summed E-state index contributed by atoms with van der Waals surface area (Å²) in [5.74, 6) is 0. The van der Waals surface area contributed by atoms with E-state index in [0.717, 1.165) is 13.0 Å². The maximum absolute atomic E-state index is 5.72. The summed E-state index contributed by atoms with van der Waals surface area (Å²) in [4.78, 5) is 3.98. The largest absolute Gasteiger partial charge is 0.376 e. The molecule has 0 bridgehead atoms. The highest BCUT2D eigenvalue weighted by Gasteiger charge is 2.09. The van der Waals surface area contributed by atoms with Gasteiger partial charge in [-0.25, -0.2) is 4.98 Å². The van der Waals surface area contributed by atoms with Crippen LogP contribution in [0.3, 0.4) is 0 Å². The average Bonchev–Trinajstić information content (AvgIpc) is 2.04. The van der Waals surface area contributed by atoms with Gasteiger partial charge in [0.25, 0.3) is 0 Å². The van der Waals surface area contributed by atoms with Crippen molar-refractivity contribution in [2.75, 3.05) is 6.61 Å². The number of aromatic nitrogens is 1. The van der Waals surface area contributed by atoms with E-state index in [1.165, 1.54) is 11.1 Å². The van der Waals surface area contributed by atoms with Gasteiger partial charge < -0.3 is 4.74 Å². The van der Waals surface area contributed by atoms with E-state index in [0.29, 0.717) is 11.8 Å². The van der Waals surface area contributed by atoms with Crippen LogP contribution in [0.15, 0.2) is 12.3 Å². The molecule has 3 heteroatoms. The summed E-state index contributed by atoms with van der Waals surface area (Å²) in [5.41, 5.74) is 2.44. The molecule has 11 heavy (non-hydrogen) atoms. The molecule has 0 aliphatic carbocycles. The van der Waals surface area contributed by atoms with Gasteiger partial charge in [-0.3, -0.25) is 0 Å². The first kappa shape index (κ1) is 7.07. The van der Waals surface area contributed by atoms with Gasteiger partial charge in [0, 0.05) is 6.20 Å². The highest BCUT2D eigenvalue weighted by atomic mass is 35.5. The maximum atomic E-state index is 5.72. The van der Waals surface area contributed by atoms with Gasteiger partial charge >= 0.3 is 0 Å². The smallest absolute Gasteiger partial charge is 0.129 e. The zero-order valence-electron chi connectivity index (χ0n) is 6.01. The van der Waals surface area contributed by atoms with Gasteiger partial charge in [-0.1, -0.05) is 11.6 Å². The highest BCUT2D eigenvalue weighted by Crippen LogP contribution is 2.18.